The lowest BCUT2D eigenvalue weighted by molar-refractivity contribution is 0.584. The number of thiophene rings is 1. The van der Waals surface area contributed by atoms with Crippen molar-refractivity contribution in [2.75, 3.05) is 0 Å². The summed E-state index contributed by atoms with van der Waals surface area (Å²) in [6.45, 7) is 0. The fraction of sp³-hybridized carbons (Fsp3) is 0.455. The van der Waals surface area contributed by atoms with Crippen molar-refractivity contribution in [3.63, 3.8) is 0 Å². The van der Waals surface area contributed by atoms with Gasteiger partial charge in [-0.25, -0.2) is 0 Å². The third-order valence-electron chi connectivity index (χ3n) is 2.56. The van der Waals surface area contributed by atoms with Crippen LogP contribution in [-0.2, 0) is 6.42 Å². The number of rotatable bonds is 2. The summed E-state index contributed by atoms with van der Waals surface area (Å²) in [4.78, 5) is 0. The monoisotopic (exact) mass is 193 g/mol. The first-order chi connectivity index (χ1) is 6.34. The standard InChI is InChI=1S/C11H15NS/c12-11-3-1-9(2-4-11)7-10-5-6-13-8-10/h1,5-6,8,11H,2-4,7,12H2. The Kier molecular flexibility index (Phi) is 2.81. The van der Waals surface area contributed by atoms with Gasteiger partial charge < -0.3 is 5.73 Å². The molecule has 0 saturated heterocycles. The Morgan fingerprint density at radius 1 is 1.54 bits per heavy atom. The molecule has 0 aliphatic heterocycles. The summed E-state index contributed by atoms with van der Waals surface area (Å²) in [7, 11) is 0. The predicted molar refractivity (Wildman–Crippen MR) is 57.9 cm³/mol. The number of hydrogen-bond acceptors (Lipinski definition) is 2. The van der Waals surface area contributed by atoms with Crippen molar-refractivity contribution in [1.82, 2.24) is 0 Å². The summed E-state index contributed by atoms with van der Waals surface area (Å²) in [6.07, 6.45) is 6.88. The van der Waals surface area contributed by atoms with Crippen LogP contribution in [0.1, 0.15) is 24.8 Å². The largest absolute Gasteiger partial charge is 0.327 e. The first-order valence-corrected chi connectivity index (χ1v) is 5.73. The fourth-order valence-corrected chi connectivity index (χ4v) is 2.39. The summed E-state index contributed by atoms with van der Waals surface area (Å²) in [5.41, 5.74) is 8.85. The van der Waals surface area contributed by atoms with Crippen LogP contribution in [0.25, 0.3) is 0 Å². The van der Waals surface area contributed by atoms with E-state index in [-0.39, 0.29) is 0 Å². The molecule has 13 heavy (non-hydrogen) atoms. The van der Waals surface area contributed by atoms with E-state index in [0.29, 0.717) is 6.04 Å². The molecule has 1 aliphatic rings. The highest BCUT2D eigenvalue weighted by atomic mass is 32.1. The molecular weight excluding hydrogens is 178 g/mol. The van der Waals surface area contributed by atoms with Crippen LogP contribution in [0.15, 0.2) is 28.5 Å². The molecule has 70 valence electrons. The van der Waals surface area contributed by atoms with Gasteiger partial charge in [0, 0.05) is 6.04 Å². The smallest absolute Gasteiger partial charge is 0.00765 e. The van der Waals surface area contributed by atoms with Crippen LogP contribution in [0.2, 0.25) is 0 Å². The summed E-state index contributed by atoms with van der Waals surface area (Å²) in [5, 5.41) is 4.37. The number of nitrogens with two attached hydrogens (primary N) is 1. The van der Waals surface area contributed by atoms with Crippen LogP contribution in [-0.4, -0.2) is 6.04 Å². The molecule has 1 aromatic heterocycles. The average molecular weight is 193 g/mol. The van der Waals surface area contributed by atoms with Gasteiger partial charge in [0.05, 0.1) is 0 Å². The van der Waals surface area contributed by atoms with Crippen LogP contribution in [0.5, 0.6) is 0 Å². The molecule has 0 saturated carbocycles. The molecule has 0 bridgehead atoms. The van der Waals surface area contributed by atoms with Crippen molar-refractivity contribution >= 4 is 11.3 Å². The van der Waals surface area contributed by atoms with Crippen LogP contribution in [0.3, 0.4) is 0 Å². The Hall–Kier alpha value is -0.600. The SMILES string of the molecule is NC1CC=C(Cc2ccsc2)CC1. The molecule has 0 aromatic carbocycles. The van der Waals surface area contributed by atoms with E-state index in [1.54, 1.807) is 16.9 Å². The Bertz CT molecular complexity index is 287. The molecule has 1 heterocycles. The second-order valence-electron chi connectivity index (χ2n) is 3.71. The van der Waals surface area contributed by atoms with Crippen LogP contribution in [0.4, 0.5) is 0 Å². The van der Waals surface area contributed by atoms with Crippen molar-refractivity contribution in [3.8, 4) is 0 Å². The third-order valence-corrected chi connectivity index (χ3v) is 3.29. The van der Waals surface area contributed by atoms with Gasteiger partial charge in [-0.1, -0.05) is 11.6 Å². The van der Waals surface area contributed by atoms with E-state index in [0.717, 1.165) is 19.3 Å². The highest BCUT2D eigenvalue weighted by Gasteiger charge is 2.10. The van der Waals surface area contributed by atoms with Crippen LogP contribution < -0.4 is 5.73 Å². The third kappa shape index (κ3) is 2.42. The molecule has 1 unspecified atom stereocenters. The van der Waals surface area contributed by atoms with Gasteiger partial charge in [0.25, 0.3) is 0 Å². The molecule has 2 rings (SSSR count). The van der Waals surface area contributed by atoms with E-state index in [4.69, 9.17) is 5.73 Å². The molecule has 1 aliphatic carbocycles. The Labute approximate surface area is 83.3 Å². The molecule has 1 nitrogen and oxygen atoms in total. The minimum Gasteiger partial charge on any atom is -0.327 e. The minimum absolute atomic E-state index is 0.409. The zero-order valence-electron chi connectivity index (χ0n) is 7.70. The molecule has 2 N–H and O–H groups in total. The predicted octanol–water partition coefficient (Wildman–Crippen LogP) is 2.73. The van der Waals surface area contributed by atoms with E-state index in [9.17, 15) is 0 Å². The van der Waals surface area contributed by atoms with Crippen molar-refractivity contribution in [2.24, 2.45) is 5.73 Å². The first-order valence-electron chi connectivity index (χ1n) is 4.79. The normalized spacial score (nSPS) is 22.8. The lowest BCUT2D eigenvalue weighted by atomic mass is 9.92. The van der Waals surface area contributed by atoms with Gasteiger partial charge in [-0.2, -0.15) is 11.3 Å². The maximum Gasteiger partial charge on any atom is 0.00765 e. The van der Waals surface area contributed by atoms with Gasteiger partial charge in [0.2, 0.25) is 0 Å². The molecule has 2 heteroatoms. The van der Waals surface area contributed by atoms with Crippen LogP contribution >= 0.6 is 11.3 Å². The average Bonchev–Trinajstić information content (AvgIpc) is 2.62. The van der Waals surface area contributed by atoms with Gasteiger partial charge in [0.15, 0.2) is 0 Å². The molecular formula is C11H15NS. The molecule has 1 aromatic rings. The summed E-state index contributed by atoms with van der Waals surface area (Å²) < 4.78 is 0. The van der Waals surface area contributed by atoms with Crippen molar-refractivity contribution in [3.05, 3.63) is 34.0 Å². The number of allylic oxidation sites excluding steroid dienone is 1. The second-order valence-corrected chi connectivity index (χ2v) is 4.49. The quantitative estimate of drug-likeness (QED) is 0.718. The van der Waals surface area contributed by atoms with E-state index < -0.39 is 0 Å². The van der Waals surface area contributed by atoms with Crippen molar-refractivity contribution in [1.29, 1.82) is 0 Å². The van der Waals surface area contributed by atoms with Gasteiger partial charge in [-0.3, -0.25) is 0 Å². The molecule has 0 fully saturated rings. The zero-order chi connectivity index (χ0) is 9.10. The van der Waals surface area contributed by atoms with Crippen molar-refractivity contribution < 1.29 is 0 Å². The second kappa shape index (κ2) is 4.07. The van der Waals surface area contributed by atoms with Gasteiger partial charge in [-0.05, 0) is 48.1 Å². The molecule has 0 spiro atoms. The maximum absolute atomic E-state index is 5.83. The van der Waals surface area contributed by atoms with Gasteiger partial charge >= 0.3 is 0 Å². The Morgan fingerprint density at radius 3 is 3.08 bits per heavy atom. The van der Waals surface area contributed by atoms with E-state index in [1.165, 1.54) is 12.0 Å². The van der Waals surface area contributed by atoms with Crippen molar-refractivity contribution in [2.45, 2.75) is 31.7 Å². The highest BCUT2D eigenvalue weighted by molar-refractivity contribution is 7.07. The highest BCUT2D eigenvalue weighted by Crippen LogP contribution is 2.21. The Morgan fingerprint density at radius 2 is 2.46 bits per heavy atom. The molecule has 0 amide bonds. The summed E-state index contributed by atoms with van der Waals surface area (Å²) in [5.74, 6) is 0. The summed E-state index contributed by atoms with van der Waals surface area (Å²) >= 11 is 1.78. The topological polar surface area (TPSA) is 26.0 Å². The Balaban J connectivity index is 1.96. The molecule has 0 radical (unpaired) electrons. The van der Waals surface area contributed by atoms with Crippen LogP contribution in [0, 0.1) is 0 Å². The minimum atomic E-state index is 0.409. The molecule has 1 atom stereocenters. The lowest BCUT2D eigenvalue weighted by Gasteiger charge is -2.17. The number of hydrogen-bond donors (Lipinski definition) is 1. The van der Waals surface area contributed by atoms with E-state index >= 15 is 0 Å². The van der Waals surface area contributed by atoms with E-state index in [1.807, 2.05) is 0 Å². The van der Waals surface area contributed by atoms with E-state index in [2.05, 4.69) is 22.9 Å². The zero-order valence-corrected chi connectivity index (χ0v) is 8.52. The van der Waals surface area contributed by atoms with Gasteiger partial charge in [-0.15, -0.1) is 0 Å². The fourth-order valence-electron chi connectivity index (χ4n) is 1.72. The maximum atomic E-state index is 5.83. The van der Waals surface area contributed by atoms with Gasteiger partial charge in [0.1, 0.15) is 0 Å². The first kappa shape index (κ1) is 8.97. The lowest BCUT2D eigenvalue weighted by Crippen LogP contribution is -2.22. The summed E-state index contributed by atoms with van der Waals surface area (Å²) in [6, 6.07) is 2.62.